The predicted octanol–water partition coefficient (Wildman–Crippen LogP) is 0.607. The van der Waals surface area contributed by atoms with Gasteiger partial charge in [0.25, 0.3) is 0 Å². The van der Waals surface area contributed by atoms with Crippen LogP contribution in [0.25, 0.3) is 0 Å². The molecule has 1 atom stereocenters. The number of amides is 1. The topological polar surface area (TPSA) is 32.3 Å². The lowest BCUT2D eigenvalue weighted by Crippen LogP contribution is -2.47. The SMILES string of the molecule is CNC[C@H]1CCCCN1C(C)=O. The lowest BCUT2D eigenvalue weighted by Gasteiger charge is -2.34. The molecule has 0 spiro atoms. The molecule has 1 aliphatic heterocycles. The molecule has 3 nitrogen and oxygen atoms in total. The van der Waals surface area contributed by atoms with E-state index in [1.165, 1.54) is 12.8 Å². The highest BCUT2D eigenvalue weighted by Crippen LogP contribution is 2.16. The first-order valence-electron chi connectivity index (χ1n) is 4.67. The van der Waals surface area contributed by atoms with Gasteiger partial charge in [0.15, 0.2) is 0 Å². The van der Waals surface area contributed by atoms with Gasteiger partial charge in [-0.25, -0.2) is 0 Å². The first-order chi connectivity index (χ1) is 5.75. The zero-order chi connectivity index (χ0) is 8.97. The van der Waals surface area contributed by atoms with Crippen LogP contribution in [-0.4, -0.2) is 37.0 Å². The minimum atomic E-state index is 0.218. The van der Waals surface area contributed by atoms with E-state index in [0.717, 1.165) is 19.5 Å². The van der Waals surface area contributed by atoms with E-state index in [4.69, 9.17) is 0 Å². The number of carbonyl (C=O) groups is 1. The molecule has 0 aromatic heterocycles. The zero-order valence-electron chi connectivity index (χ0n) is 7.97. The van der Waals surface area contributed by atoms with Crippen LogP contribution in [0, 0.1) is 0 Å². The van der Waals surface area contributed by atoms with E-state index < -0.39 is 0 Å². The molecule has 1 rings (SSSR count). The maximum Gasteiger partial charge on any atom is 0.219 e. The number of carbonyl (C=O) groups excluding carboxylic acids is 1. The van der Waals surface area contributed by atoms with Crippen molar-refractivity contribution in [1.82, 2.24) is 10.2 Å². The highest BCUT2D eigenvalue weighted by atomic mass is 16.2. The van der Waals surface area contributed by atoms with Gasteiger partial charge in [-0.15, -0.1) is 0 Å². The molecule has 0 aliphatic carbocycles. The minimum absolute atomic E-state index is 0.218. The van der Waals surface area contributed by atoms with Gasteiger partial charge in [0.2, 0.25) is 5.91 Å². The highest BCUT2D eigenvalue weighted by Gasteiger charge is 2.22. The van der Waals surface area contributed by atoms with E-state index >= 15 is 0 Å². The molecule has 12 heavy (non-hydrogen) atoms. The number of nitrogens with one attached hydrogen (secondary N) is 1. The maximum absolute atomic E-state index is 11.2. The molecular weight excluding hydrogens is 152 g/mol. The van der Waals surface area contributed by atoms with Gasteiger partial charge in [-0.2, -0.15) is 0 Å². The van der Waals surface area contributed by atoms with Gasteiger partial charge in [0.05, 0.1) is 0 Å². The van der Waals surface area contributed by atoms with Gasteiger partial charge >= 0.3 is 0 Å². The van der Waals surface area contributed by atoms with Crippen molar-refractivity contribution >= 4 is 5.91 Å². The third-order valence-corrected chi connectivity index (χ3v) is 2.47. The second-order valence-electron chi connectivity index (χ2n) is 3.42. The van der Waals surface area contributed by atoms with Crippen molar-refractivity contribution in [3.63, 3.8) is 0 Å². The van der Waals surface area contributed by atoms with Gasteiger partial charge < -0.3 is 10.2 Å². The summed E-state index contributed by atoms with van der Waals surface area (Å²) in [5, 5.41) is 3.13. The normalized spacial score (nSPS) is 24.2. The fraction of sp³-hybridized carbons (Fsp3) is 0.889. The van der Waals surface area contributed by atoms with Crippen molar-refractivity contribution in [2.24, 2.45) is 0 Å². The standard InChI is InChI=1S/C9H18N2O/c1-8(12)11-6-4-3-5-9(11)7-10-2/h9-10H,3-7H2,1-2H3/t9-/m1/s1. The average Bonchev–Trinajstić information content (AvgIpc) is 2.05. The van der Waals surface area contributed by atoms with Gasteiger partial charge in [-0.3, -0.25) is 4.79 Å². The average molecular weight is 170 g/mol. The summed E-state index contributed by atoms with van der Waals surface area (Å²) in [6, 6.07) is 0.432. The van der Waals surface area contributed by atoms with Crippen molar-refractivity contribution in [2.75, 3.05) is 20.1 Å². The molecule has 0 aromatic rings. The van der Waals surface area contributed by atoms with Crippen LogP contribution in [0.5, 0.6) is 0 Å². The number of nitrogens with zero attached hydrogens (tertiary/aromatic N) is 1. The fourth-order valence-corrected chi connectivity index (χ4v) is 1.86. The Morgan fingerprint density at radius 1 is 1.58 bits per heavy atom. The van der Waals surface area contributed by atoms with Gasteiger partial charge in [0.1, 0.15) is 0 Å². The van der Waals surface area contributed by atoms with Gasteiger partial charge in [-0.05, 0) is 26.3 Å². The summed E-state index contributed by atoms with van der Waals surface area (Å²) in [7, 11) is 1.94. The van der Waals surface area contributed by atoms with Gasteiger partial charge in [0, 0.05) is 26.1 Å². The Morgan fingerprint density at radius 3 is 2.92 bits per heavy atom. The van der Waals surface area contributed by atoms with E-state index in [-0.39, 0.29) is 5.91 Å². The van der Waals surface area contributed by atoms with E-state index in [2.05, 4.69) is 5.32 Å². The van der Waals surface area contributed by atoms with Crippen LogP contribution >= 0.6 is 0 Å². The fourth-order valence-electron chi connectivity index (χ4n) is 1.86. The van der Waals surface area contributed by atoms with Crippen LogP contribution < -0.4 is 5.32 Å². The van der Waals surface area contributed by atoms with Crippen LogP contribution in [0.3, 0.4) is 0 Å². The first kappa shape index (κ1) is 9.52. The number of hydrogen-bond donors (Lipinski definition) is 1. The van der Waals surface area contributed by atoms with Gasteiger partial charge in [-0.1, -0.05) is 0 Å². The summed E-state index contributed by atoms with van der Waals surface area (Å²) in [5.74, 6) is 0.218. The highest BCUT2D eigenvalue weighted by molar-refractivity contribution is 5.73. The molecule has 0 aromatic carbocycles. The number of rotatable bonds is 2. The molecule has 1 saturated heterocycles. The molecule has 1 fully saturated rings. The molecule has 1 N–H and O–H groups in total. The van der Waals surface area contributed by atoms with Crippen molar-refractivity contribution < 1.29 is 4.79 Å². The largest absolute Gasteiger partial charge is 0.339 e. The third kappa shape index (κ3) is 2.21. The summed E-state index contributed by atoms with van der Waals surface area (Å²) in [4.78, 5) is 13.2. The van der Waals surface area contributed by atoms with E-state index in [1.807, 2.05) is 11.9 Å². The molecule has 1 heterocycles. The molecular formula is C9H18N2O. The summed E-state index contributed by atoms with van der Waals surface area (Å²) in [5.41, 5.74) is 0. The lowest BCUT2D eigenvalue weighted by atomic mass is 10.0. The monoisotopic (exact) mass is 170 g/mol. The summed E-state index contributed by atoms with van der Waals surface area (Å²) >= 11 is 0. The molecule has 1 aliphatic rings. The molecule has 0 unspecified atom stereocenters. The summed E-state index contributed by atoms with van der Waals surface area (Å²) < 4.78 is 0. The first-order valence-corrected chi connectivity index (χ1v) is 4.67. The molecule has 1 amide bonds. The van der Waals surface area contributed by atoms with E-state index in [1.54, 1.807) is 6.92 Å². The third-order valence-electron chi connectivity index (χ3n) is 2.47. The number of piperidine rings is 1. The number of hydrogen-bond acceptors (Lipinski definition) is 2. The minimum Gasteiger partial charge on any atom is -0.339 e. The Hall–Kier alpha value is -0.570. The van der Waals surface area contributed by atoms with Crippen LogP contribution in [0.4, 0.5) is 0 Å². The quantitative estimate of drug-likeness (QED) is 0.658. The molecule has 3 heteroatoms. The summed E-state index contributed by atoms with van der Waals surface area (Å²) in [6.07, 6.45) is 3.58. The Bertz CT molecular complexity index is 157. The smallest absolute Gasteiger partial charge is 0.219 e. The van der Waals surface area contributed by atoms with Crippen LogP contribution in [0.2, 0.25) is 0 Å². The van der Waals surface area contributed by atoms with Crippen molar-refractivity contribution in [3.05, 3.63) is 0 Å². The molecule has 0 saturated carbocycles. The Kier molecular flexibility index (Phi) is 3.53. The molecule has 0 radical (unpaired) electrons. The van der Waals surface area contributed by atoms with Crippen molar-refractivity contribution in [3.8, 4) is 0 Å². The Balaban J connectivity index is 2.48. The maximum atomic E-state index is 11.2. The predicted molar refractivity (Wildman–Crippen MR) is 49.0 cm³/mol. The van der Waals surface area contributed by atoms with E-state index in [9.17, 15) is 4.79 Å². The zero-order valence-corrected chi connectivity index (χ0v) is 7.97. The van der Waals surface area contributed by atoms with Crippen LogP contribution in [0.15, 0.2) is 0 Å². The Morgan fingerprint density at radius 2 is 2.33 bits per heavy atom. The van der Waals surface area contributed by atoms with Crippen LogP contribution in [-0.2, 0) is 4.79 Å². The Labute approximate surface area is 74.1 Å². The summed E-state index contributed by atoms with van der Waals surface area (Å²) in [6.45, 7) is 3.54. The van der Waals surface area contributed by atoms with Crippen molar-refractivity contribution in [2.45, 2.75) is 32.2 Å². The second-order valence-corrected chi connectivity index (χ2v) is 3.42. The number of likely N-dealkylation sites (tertiary alicyclic amines) is 1. The van der Waals surface area contributed by atoms with Crippen LogP contribution in [0.1, 0.15) is 26.2 Å². The molecule has 0 bridgehead atoms. The second kappa shape index (κ2) is 4.45. The molecule has 70 valence electrons. The lowest BCUT2D eigenvalue weighted by molar-refractivity contribution is -0.132. The van der Waals surface area contributed by atoms with E-state index in [0.29, 0.717) is 6.04 Å². The van der Waals surface area contributed by atoms with Crippen molar-refractivity contribution in [1.29, 1.82) is 0 Å². The number of likely N-dealkylation sites (N-methyl/N-ethyl adjacent to an activating group) is 1.